The Morgan fingerprint density at radius 1 is 0.793 bits per heavy atom. The molecule has 5 heteroatoms. The number of aryl methyl sites for hydroxylation is 2. The summed E-state index contributed by atoms with van der Waals surface area (Å²) in [6, 6.07) is 22.2. The third kappa shape index (κ3) is 4.09. The third-order valence-electron chi connectivity index (χ3n) is 5.01. The van der Waals surface area contributed by atoms with Gasteiger partial charge in [0.1, 0.15) is 0 Å². The van der Waals surface area contributed by atoms with Crippen molar-refractivity contribution in [3.63, 3.8) is 0 Å². The molecule has 4 rings (SSSR count). The Labute approximate surface area is 165 Å². The summed E-state index contributed by atoms with van der Waals surface area (Å²) in [6.45, 7) is 0.583. The van der Waals surface area contributed by atoms with Crippen LogP contribution in [0.2, 0.25) is 0 Å². The van der Waals surface area contributed by atoms with Crippen LogP contribution < -0.4 is 5.56 Å². The average molecular weight is 393 g/mol. The Morgan fingerprint density at radius 2 is 1.48 bits per heavy atom. The second-order valence-electron chi connectivity index (χ2n) is 6.93. The van der Waals surface area contributed by atoms with E-state index >= 15 is 0 Å². The number of halogens is 3. The Balaban J connectivity index is 1.61. The summed E-state index contributed by atoms with van der Waals surface area (Å²) < 4.78 is 39.9. The fraction of sp³-hybridized carbons (Fsp3) is 0.125. The maximum atomic E-state index is 12.8. The smallest absolute Gasteiger partial charge is 0.315 e. The molecule has 0 radical (unpaired) electrons. The van der Waals surface area contributed by atoms with Gasteiger partial charge in [-0.15, -0.1) is 0 Å². The number of aromatic nitrogens is 1. The fourth-order valence-electron chi connectivity index (χ4n) is 3.39. The highest BCUT2D eigenvalue weighted by Gasteiger charge is 2.29. The van der Waals surface area contributed by atoms with Gasteiger partial charge >= 0.3 is 6.18 Å². The summed E-state index contributed by atoms with van der Waals surface area (Å²) in [4.78, 5) is 12.8. The predicted octanol–water partition coefficient (Wildman–Crippen LogP) is 5.93. The number of alkyl halides is 3. The highest BCUT2D eigenvalue weighted by atomic mass is 19.4. The second kappa shape index (κ2) is 7.59. The van der Waals surface area contributed by atoms with Gasteiger partial charge in [-0.05, 0) is 58.8 Å². The Bertz CT molecular complexity index is 1190. The Kier molecular flexibility index (Phi) is 4.97. The van der Waals surface area contributed by atoms with Crippen molar-refractivity contribution in [2.24, 2.45) is 0 Å². The van der Waals surface area contributed by atoms with Gasteiger partial charge in [-0.1, -0.05) is 48.5 Å². The molecule has 29 heavy (non-hydrogen) atoms. The van der Waals surface area contributed by atoms with Crippen LogP contribution in [0, 0.1) is 0 Å². The predicted molar refractivity (Wildman–Crippen MR) is 109 cm³/mol. The molecular formula is C24H18F3NO. The normalized spacial score (nSPS) is 11.7. The van der Waals surface area contributed by atoms with Crippen molar-refractivity contribution < 1.29 is 13.2 Å². The molecule has 0 fully saturated rings. The second-order valence-corrected chi connectivity index (χ2v) is 6.93. The Morgan fingerprint density at radius 3 is 2.17 bits per heavy atom. The van der Waals surface area contributed by atoms with Crippen LogP contribution in [0.5, 0.6) is 0 Å². The zero-order valence-electron chi connectivity index (χ0n) is 15.5. The molecule has 1 aromatic heterocycles. The van der Waals surface area contributed by atoms with Crippen LogP contribution in [0.15, 0.2) is 89.9 Å². The van der Waals surface area contributed by atoms with Gasteiger partial charge in [-0.3, -0.25) is 4.79 Å². The van der Waals surface area contributed by atoms with E-state index in [1.54, 1.807) is 22.9 Å². The van der Waals surface area contributed by atoms with Crippen LogP contribution in [-0.2, 0) is 19.1 Å². The molecule has 0 unspecified atom stereocenters. The van der Waals surface area contributed by atoms with Crippen LogP contribution in [0.4, 0.5) is 13.2 Å². The molecule has 1 heterocycles. The van der Waals surface area contributed by atoms with Gasteiger partial charge in [-0.25, -0.2) is 0 Å². The van der Waals surface area contributed by atoms with Gasteiger partial charge in [0.15, 0.2) is 0 Å². The van der Waals surface area contributed by atoms with Gasteiger partial charge in [0.25, 0.3) is 5.56 Å². The summed E-state index contributed by atoms with van der Waals surface area (Å²) in [6.07, 6.45) is -1.83. The number of nitrogens with zero attached hydrogens (tertiary/aromatic N) is 1. The molecule has 0 aliphatic rings. The van der Waals surface area contributed by atoms with Crippen molar-refractivity contribution in [2.75, 3.05) is 0 Å². The molecule has 0 N–H and O–H groups in total. The molecular weight excluding hydrogens is 375 g/mol. The first-order chi connectivity index (χ1) is 13.9. The highest BCUT2D eigenvalue weighted by Crippen LogP contribution is 2.31. The monoisotopic (exact) mass is 393 g/mol. The number of pyridine rings is 1. The van der Waals surface area contributed by atoms with Crippen molar-refractivity contribution in [1.82, 2.24) is 4.57 Å². The summed E-state index contributed by atoms with van der Waals surface area (Å²) in [5, 5.41) is 1.36. The van der Waals surface area contributed by atoms with Crippen molar-refractivity contribution in [1.29, 1.82) is 0 Å². The average Bonchev–Trinajstić information content (AvgIpc) is 2.73. The van der Waals surface area contributed by atoms with Crippen molar-refractivity contribution >= 4 is 10.8 Å². The summed E-state index contributed by atoms with van der Waals surface area (Å²) in [7, 11) is 0. The van der Waals surface area contributed by atoms with Crippen molar-refractivity contribution in [3.05, 3.63) is 107 Å². The molecule has 146 valence electrons. The summed E-state index contributed by atoms with van der Waals surface area (Å²) in [5.74, 6) is 0. The summed E-state index contributed by atoms with van der Waals surface area (Å²) >= 11 is 0. The van der Waals surface area contributed by atoms with E-state index in [4.69, 9.17) is 0 Å². The van der Waals surface area contributed by atoms with Gasteiger partial charge in [0, 0.05) is 18.1 Å². The zero-order valence-corrected chi connectivity index (χ0v) is 15.5. The van der Waals surface area contributed by atoms with E-state index in [1.807, 2.05) is 42.5 Å². The molecule has 4 aromatic rings. The number of hydrogen-bond donors (Lipinski definition) is 0. The van der Waals surface area contributed by atoms with Crippen LogP contribution >= 0.6 is 0 Å². The van der Waals surface area contributed by atoms with Crippen LogP contribution in [0.1, 0.15) is 11.1 Å². The van der Waals surface area contributed by atoms with E-state index in [0.717, 1.165) is 35.1 Å². The largest absolute Gasteiger partial charge is 0.416 e. The van der Waals surface area contributed by atoms with Gasteiger partial charge < -0.3 is 4.57 Å². The fourth-order valence-corrected chi connectivity index (χ4v) is 3.39. The minimum Gasteiger partial charge on any atom is -0.315 e. The molecule has 0 atom stereocenters. The molecule has 0 bridgehead atoms. The summed E-state index contributed by atoms with van der Waals surface area (Å²) in [5.41, 5.74) is 1.86. The van der Waals surface area contributed by atoms with Crippen LogP contribution in [0.3, 0.4) is 0 Å². The maximum Gasteiger partial charge on any atom is 0.416 e. The quantitative estimate of drug-likeness (QED) is 0.421. The molecule has 0 aliphatic carbocycles. The number of hydrogen-bond acceptors (Lipinski definition) is 1. The van der Waals surface area contributed by atoms with Crippen molar-refractivity contribution in [3.8, 4) is 11.1 Å². The van der Waals surface area contributed by atoms with E-state index in [9.17, 15) is 18.0 Å². The molecule has 0 aliphatic heterocycles. The zero-order chi connectivity index (χ0) is 20.4. The van der Waals surface area contributed by atoms with Gasteiger partial charge in [-0.2, -0.15) is 13.2 Å². The van der Waals surface area contributed by atoms with E-state index in [1.165, 1.54) is 12.1 Å². The first kappa shape index (κ1) is 19.0. The number of fused-ring (bicyclic) bond motifs is 1. The Hall–Kier alpha value is -3.34. The SMILES string of the molecule is O=c1c2ccc(-c3ccc(C(F)(F)F)cc3)cc2ccn1CCc1ccccc1. The lowest BCUT2D eigenvalue weighted by Crippen LogP contribution is -2.20. The van der Waals surface area contributed by atoms with E-state index < -0.39 is 11.7 Å². The molecule has 0 saturated heterocycles. The number of rotatable bonds is 4. The first-order valence-electron chi connectivity index (χ1n) is 9.26. The molecule has 0 amide bonds. The minimum atomic E-state index is -4.35. The van der Waals surface area contributed by atoms with Crippen molar-refractivity contribution in [2.45, 2.75) is 19.1 Å². The van der Waals surface area contributed by atoms with Crippen LogP contribution in [0.25, 0.3) is 21.9 Å². The van der Waals surface area contributed by atoms with E-state index in [2.05, 4.69) is 0 Å². The maximum absolute atomic E-state index is 12.8. The topological polar surface area (TPSA) is 22.0 Å². The molecule has 0 saturated carbocycles. The number of benzene rings is 3. The molecule has 0 spiro atoms. The van der Waals surface area contributed by atoms with Gasteiger partial charge in [0.2, 0.25) is 0 Å². The van der Waals surface area contributed by atoms with E-state index in [-0.39, 0.29) is 5.56 Å². The molecule has 2 nitrogen and oxygen atoms in total. The van der Waals surface area contributed by atoms with Crippen LogP contribution in [-0.4, -0.2) is 4.57 Å². The lowest BCUT2D eigenvalue weighted by molar-refractivity contribution is -0.137. The van der Waals surface area contributed by atoms with E-state index in [0.29, 0.717) is 17.5 Å². The lowest BCUT2D eigenvalue weighted by Gasteiger charge is -2.10. The first-order valence-corrected chi connectivity index (χ1v) is 9.26. The highest BCUT2D eigenvalue weighted by molar-refractivity contribution is 5.86. The minimum absolute atomic E-state index is 0.0719. The van der Waals surface area contributed by atoms with Gasteiger partial charge in [0.05, 0.1) is 5.56 Å². The third-order valence-corrected chi connectivity index (χ3v) is 5.01. The lowest BCUT2D eigenvalue weighted by atomic mass is 10.0. The molecule has 3 aromatic carbocycles. The standard InChI is InChI=1S/C24H18F3NO/c25-24(26,27)21-9-6-18(7-10-21)19-8-11-22-20(16-19)13-15-28(23(22)29)14-12-17-4-2-1-3-5-17/h1-11,13,15-16H,12,14H2.